The highest BCUT2D eigenvalue weighted by Crippen LogP contribution is 2.33. The predicted molar refractivity (Wildman–Crippen MR) is 110 cm³/mol. The van der Waals surface area contributed by atoms with E-state index in [4.69, 9.17) is 34.2 Å². The molecule has 0 aromatic carbocycles. The average molecular weight is 475 g/mol. The molecular weight excluding hydrogens is 442 g/mol. The van der Waals surface area contributed by atoms with E-state index in [2.05, 4.69) is 0 Å². The summed E-state index contributed by atoms with van der Waals surface area (Å²) in [6.07, 6.45) is -6.53. The Morgan fingerprint density at radius 2 is 1.30 bits per heavy atom. The highest BCUT2D eigenvalue weighted by molar-refractivity contribution is 5.74. The lowest BCUT2D eigenvalue weighted by atomic mass is 9.87. The van der Waals surface area contributed by atoms with Crippen LogP contribution < -0.4 is 5.73 Å². The minimum Gasteiger partial charge on any atom is -0.463 e. The second-order valence-electron chi connectivity index (χ2n) is 8.54. The molecule has 0 spiro atoms. The van der Waals surface area contributed by atoms with Crippen molar-refractivity contribution in [3.05, 3.63) is 0 Å². The van der Waals surface area contributed by atoms with Crippen molar-refractivity contribution in [2.75, 3.05) is 13.2 Å². The van der Waals surface area contributed by atoms with Gasteiger partial charge in [-0.15, -0.1) is 0 Å². The predicted octanol–water partition coefficient (Wildman–Crippen LogP) is 0.0286. The fraction of sp³-hybridized carbons (Fsp3) is 0.762. The van der Waals surface area contributed by atoms with E-state index in [1.807, 2.05) is 0 Å². The average Bonchev–Trinajstić information content (AvgIpc) is 2.62. The van der Waals surface area contributed by atoms with Crippen LogP contribution in [0.5, 0.6) is 0 Å². The third-order valence-corrected chi connectivity index (χ3v) is 4.39. The number of ether oxygens (including phenoxy) is 6. The molecular formula is C21H33NO11. The topological polar surface area (TPSA) is 167 Å². The molecule has 12 heteroatoms. The summed E-state index contributed by atoms with van der Waals surface area (Å²) in [6.45, 7) is 8.79. The van der Waals surface area contributed by atoms with Gasteiger partial charge >= 0.3 is 29.8 Å². The van der Waals surface area contributed by atoms with Gasteiger partial charge in [0.25, 0.3) is 0 Å². The summed E-state index contributed by atoms with van der Waals surface area (Å²) in [6, 6.07) is 0. The van der Waals surface area contributed by atoms with Crippen molar-refractivity contribution in [1.82, 2.24) is 0 Å². The summed E-state index contributed by atoms with van der Waals surface area (Å²) >= 11 is 0. The molecule has 0 aliphatic carbocycles. The van der Waals surface area contributed by atoms with E-state index in [0.29, 0.717) is 0 Å². The Morgan fingerprint density at radius 1 is 0.818 bits per heavy atom. The maximum absolute atomic E-state index is 12.9. The number of rotatable bonds is 8. The zero-order valence-electron chi connectivity index (χ0n) is 19.9. The van der Waals surface area contributed by atoms with Crippen molar-refractivity contribution in [3.8, 4) is 0 Å². The van der Waals surface area contributed by atoms with Crippen LogP contribution in [0.1, 0.15) is 48.5 Å². The summed E-state index contributed by atoms with van der Waals surface area (Å²) in [4.78, 5) is 59.8. The molecule has 12 nitrogen and oxygen atoms in total. The van der Waals surface area contributed by atoms with E-state index in [9.17, 15) is 24.0 Å². The van der Waals surface area contributed by atoms with Gasteiger partial charge in [-0.05, 0) is 20.8 Å². The maximum atomic E-state index is 12.9. The molecule has 1 fully saturated rings. The largest absolute Gasteiger partial charge is 0.463 e. The molecule has 1 rings (SSSR count). The number of nitrogens with two attached hydrogens (primary N) is 1. The SMILES string of the molecule is CC(=O)OC[C@H]1O[C@@H]([C@@H](CN)C(=O)OC(C)(C)C)[C@H](OC(C)=O)[C@@H](OC(C)=O)[C@@H]1OC(C)=O. The first-order valence-corrected chi connectivity index (χ1v) is 10.4. The smallest absolute Gasteiger partial charge is 0.313 e. The summed E-state index contributed by atoms with van der Waals surface area (Å²) < 4.78 is 32.4. The van der Waals surface area contributed by atoms with Crippen LogP contribution >= 0.6 is 0 Å². The summed E-state index contributed by atoms with van der Waals surface area (Å²) in [5.41, 5.74) is 4.99. The van der Waals surface area contributed by atoms with E-state index < -0.39 is 78.5 Å². The standard InChI is InChI=1S/C21H33NO11/c1-10(23)28-9-15-17(29-11(2)24)19(31-13(4)26)18(30-12(3)25)16(32-15)14(8-22)20(27)33-21(5,6)7/h14-19H,8-9,22H2,1-7H3/t14-,15-,16+,17-,18+,19+/m1/s1. The lowest BCUT2D eigenvalue weighted by molar-refractivity contribution is -0.261. The monoisotopic (exact) mass is 475 g/mol. The van der Waals surface area contributed by atoms with Crippen LogP contribution in [0, 0.1) is 5.92 Å². The van der Waals surface area contributed by atoms with Gasteiger partial charge in [0.1, 0.15) is 24.4 Å². The van der Waals surface area contributed by atoms with E-state index in [1.165, 1.54) is 0 Å². The molecule has 1 aliphatic rings. The zero-order chi connectivity index (χ0) is 25.5. The number of hydrogen-bond donors (Lipinski definition) is 1. The van der Waals surface area contributed by atoms with Crippen LogP contribution in [-0.2, 0) is 52.4 Å². The molecule has 0 aromatic rings. The van der Waals surface area contributed by atoms with Gasteiger partial charge in [0.05, 0.1) is 5.92 Å². The Hall–Kier alpha value is -2.73. The minimum absolute atomic E-state index is 0.275. The molecule has 0 unspecified atom stereocenters. The Bertz CT molecular complexity index is 745. The van der Waals surface area contributed by atoms with Crippen LogP contribution in [-0.4, -0.2) is 79.1 Å². The van der Waals surface area contributed by atoms with Gasteiger partial charge in [-0.2, -0.15) is 0 Å². The third-order valence-electron chi connectivity index (χ3n) is 4.39. The fourth-order valence-electron chi connectivity index (χ4n) is 3.33. The maximum Gasteiger partial charge on any atom is 0.313 e. The van der Waals surface area contributed by atoms with Crippen molar-refractivity contribution in [1.29, 1.82) is 0 Å². The van der Waals surface area contributed by atoms with E-state index >= 15 is 0 Å². The molecule has 1 saturated heterocycles. The van der Waals surface area contributed by atoms with Crippen molar-refractivity contribution in [2.45, 2.75) is 84.6 Å². The molecule has 0 saturated carbocycles. The first-order chi connectivity index (χ1) is 15.2. The van der Waals surface area contributed by atoms with Gasteiger partial charge in [-0.25, -0.2) is 0 Å². The van der Waals surface area contributed by atoms with Gasteiger partial charge in [0, 0.05) is 34.2 Å². The van der Waals surface area contributed by atoms with Gasteiger partial charge in [0.15, 0.2) is 18.3 Å². The summed E-state index contributed by atoms with van der Waals surface area (Å²) in [5.74, 6) is -4.86. The Kier molecular flexibility index (Phi) is 10.2. The highest BCUT2D eigenvalue weighted by Gasteiger charge is 2.55. The van der Waals surface area contributed by atoms with E-state index in [1.54, 1.807) is 20.8 Å². The molecule has 6 atom stereocenters. The highest BCUT2D eigenvalue weighted by atomic mass is 16.7. The summed E-state index contributed by atoms with van der Waals surface area (Å²) in [5, 5.41) is 0. The normalized spacial score (nSPS) is 25.9. The van der Waals surface area contributed by atoms with Gasteiger partial charge in [-0.3, -0.25) is 24.0 Å². The molecule has 2 N–H and O–H groups in total. The lowest BCUT2D eigenvalue weighted by Crippen LogP contribution is -2.65. The van der Waals surface area contributed by atoms with Crippen molar-refractivity contribution >= 4 is 29.8 Å². The molecule has 1 heterocycles. The molecule has 33 heavy (non-hydrogen) atoms. The molecule has 0 amide bonds. The van der Waals surface area contributed by atoms with Gasteiger partial charge < -0.3 is 34.2 Å². The lowest BCUT2D eigenvalue weighted by Gasteiger charge is -2.46. The van der Waals surface area contributed by atoms with Crippen LogP contribution in [0.25, 0.3) is 0 Å². The van der Waals surface area contributed by atoms with E-state index in [0.717, 1.165) is 27.7 Å². The Morgan fingerprint density at radius 3 is 1.73 bits per heavy atom. The molecule has 0 bridgehead atoms. The van der Waals surface area contributed by atoms with Gasteiger partial charge in [0.2, 0.25) is 0 Å². The molecule has 188 valence electrons. The molecule has 0 aromatic heterocycles. The molecule has 0 radical (unpaired) electrons. The zero-order valence-corrected chi connectivity index (χ0v) is 19.9. The van der Waals surface area contributed by atoms with Crippen LogP contribution in [0.15, 0.2) is 0 Å². The second kappa shape index (κ2) is 11.9. The summed E-state index contributed by atoms with van der Waals surface area (Å²) in [7, 11) is 0. The number of hydrogen-bond acceptors (Lipinski definition) is 12. The van der Waals surface area contributed by atoms with Crippen molar-refractivity contribution in [2.24, 2.45) is 11.7 Å². The van der Waals surface area contributed by atoms with Crippen LogP contribution in [0.2, 0.25) is 0 Å². The van der Waals surface area contributed by atoms with Crippen molar-refractivity contribution in [3.63, 3.8) is 0 Å². The number of carbonyl (C=O) groups is 5. The number of esters is 5. The van der Waals surface area contributed by atoms with E-state index in [-0.39, 0.29) is 6.54 Å². The third kappa shape index (κ3) is 8.97. The first-order valence-electron chi connectivity index (χ1n) is 10.4. The van der Waals surface area contributed by atoms with Crippen LogP contribution in [0.4, 0.5) is 0 Å². The van der Waals surface area contributed by atoms with Gasteiger partial charge in [-0.1, -0.05) is 0 Å². The first kappa shape index (κ1) is 28.3. The fourth-order valence-corrected chi connectivity index (χ4v) is 3.33. The van der Waals surface area contributed by atoms with Crippen molar-refractivity contribution < 1.29 is 52.4 Å². The number of carbonyl (C=O) groups excluding carboxylic acids is 5. The second-order valence-corrected chi connectivity index (χ2v) is 8.54. The quantitative estimate of drug-likeness (QED) is 0.370. The Balaban J connectivity index is 3.52. The van der Waals surface area contributed by atoms with Crippen LogP contribution in [0.3, 0.4) is 0 Å². The minimum atomic E-state index is -1.38. The Labute approximate surface area is 192 Å². The molecule has 1 aliphatic heterocycles.